The molecule has 0 saturated carbocycles. The highest BCUT2D eigenvalue weighted by Crippen LogP contribution is 2.34. The van der Waals surface area contributed by atoms with Crippen LogP contribution in [-0.4, -0.2) is 37.0 Å². The Balaban J connectivity index is 2.43. The van der Waals surface area contributed by atoms with Crippen LogP contribution in [0.5, 0.6) is 0 Å². The molecule has 23 heavy (non-hydrogen) atoms. The number of aliphatic hydroxyl groups is 1. The van der Waals surface area contributed by atoms with Crippen LogP contribution >= 0.6 is 0 Å². The van der Waals surface area contributed by atoms with Crippen LogP contribution in [0.3, 0.4) is 0 Å². The summed E-state index contributed by atoms with van der Waals surface area (Å²) in [6.07, 6.45) is -5.27. The molecule has 0 aliphatic carbocycles. The molecule has 2 atom stereocenters. The molecule has 1 aliphatic heterocycles. The molecule has 5 nitrogen and oxygen atoms in total. The number of hydrogen-bond acceptors (Lipinski definition) is 4. The van der Waals surface area contributed by atoms with Gasteiger partial charge in [-0.3, -0.25) is 0 Å². The highest BCUT2D eigenvalue weighted by Gasteiger charge is 2.37. The Bertz CT molecular complexity index is 741. The largest absolute Gasteiger partial charge is 0.417 e. The van der Waals surface area contributed by atoms with Crippen molar-refractivity contribution in [2.75, 3.05) is 13.1 Å². The first-order valence-electron chi connectivity index (χ1n) is 6.87. The number of alkyl halides is 3. The van der Waals surface area contributed by atoms with E-state index in [0.29, 0.717) is 12.5 Å². The molecule has 0 radical (unpaired) electrons. The summed E-state index contributed by atoms with van der Waals surface area (Å²) in [7, 11) is -4.16. The molecule has 1 N–H and O–H groups in total. The molecule has 0 aromatic heterocycles. The Kier molecular flexibility index (Phi) is 4.71. The first-order chi connectivity index (χ1) is 10.6. The molecule has 2 rings (SSSR count). The van der Waals surface area contributed by atoms with Gasteiger partial charge in [0.1, 0.15) is 0 Å². The third kappa shape index (κ3) is 3.49. The lowest BCUT2D eigenvalue weighted by Crippen LogP contribution is -2.45. The number of β-amino-alcohol motifs (C(OH)–C–C–N with tert-alkyl or cyclic N) is 1. The summed E-state index contributed by atoms with van der Waals surface area (Å²) < 4.78 is 64.8. The Morgan fingerprint density at radius 1 is 1.39 bits per heavy atom. The third-order valence-corrected chi connectivity index (χ3v) is 5.80. The smallest absolute Gasteiger partial charge is 0.391 e. The summed E-state index contributed by atoms with van der Waals surface area (Å²) in [5.41, 5.74) is -1.92. The van der Waals surface area contributed by atoms with Crippen molar-refractivity contribution in [2.45, 2.75) is 30.5 Å². The predicted molar refractivity (Wildman–Crippen MR) is 74.7 cm³/mol. The molecule has 126 valence electrons. The summed E-state index contributed by atoms with van der Waals surface area (Å²) in [5.74, 6) is -0.0758. The van der Waals surface area contributed by atoms with E-state index in [2.05, 4.69) is 0 Å². The third-order valence-electron chi connectivity index (χ3n) is 3.94. The lowest BCUT2D eigenvalue weighted by atomic mass is 9.98. The maximum atomic E-state index is 13.0. The zero-order valence-electron chi connectivity index (χ0n) is 12.2. The van der Waals surface area contributed by atoms with E-state index in [-0.39, 0.29) is 19.0 Å². The molecular weight excluding hydrogens is 333 g/mol. The standard InChI is InChI=1S/C14H15F3N2O3S/c1-9-4-5-19(8-13(9)20)23(21,22)11-3-2-10(7-18)12(6-11)14(15,16)17/h2-3,6,9,13,20H,4-5,8H2,1H3. The number of nitrogens with zero attached hydrogens (tertiary/aromatic N) is 2. The average molecular weight is 348 g/mol. The van der Waals surface area contributed by atoms with Crippen LogP contribution in [0.2, 0.25) is 0 Å². The Morgan fingerprint density at radius 3 is 2.57 bits per heavy atom. The first kappa shape index (κ1) is 17.7. The average Bonchev–Trinajstić information content (AvgIpc) is 2.48. The van der Waals surface area contributed by atoms with Crippen molar-refractivity contribution in [3.05, 3.63) is 29.3 Å². The van der Waals surface area contributed by atoms with Crippen LogP contribution in [0.15, 0.2) is 23.1 Å². The van der Waals surface area contributed by atoms with Gasteiger partial charge in [0.25, 0.3) is 0 Å². The second-order valence-corrected chi connectivity index (χ2v) is 7.45. The number of hydrogen-bond donors (Lipinski definition) is 1. The fourth-order valence-electron chi connectivity index (χ4n) is 2.40. The minimum Gasteiger partial charge on any atom is -0.391 e. The second-order valence-electron chi connectivity index (χ2n) is 5.51. The molecule has 1 saturated heterocycles. The van der Waals surface area contributed by atoms with Crippen LogP contribution in [0.25, 0.3) is 0 Å². The van der Waals surface area contributed by atoms with Gasteiger partial charge >= 0.3 is 6.18 Å². The number of aliphatic hydroxyl groups excluding tert-OH is 1. The summed E-state index contributed by atoms with van der Waals surface area (Å²) in [6.45, 7) is 1.74. The van der Waals surface area contributed by atoms with E-state index < -0.39 is 38.3 Å². The number of piperidine rings is 1. The second kappa shape index (κ2) is 6.11. The summed E-state index contributed by atoms with van der Waals surface area (Å²) in [4.78, 5) is -0.537. The van der Waals surface area contributed by atoms with Crippen molar-refractivity contribution >= 4 is 10.0 Å². The van der Waals surface area contributed by atoms with Gasteiger partial charge in [0.15, 0.2) is 0 Å². The van der Waals surface area contributed by atoms with Crippen molar-refractivity contribution in [2.24, 2.45) is 5.92 Å². The number of sulfonamides is 1. The molecule has 1 aromatic rings. The van der Waals surface area contributed by atoms with Crippen LogP contribution in [0.1, 0.15) is 24.5 Å². The maximum Gasteiger partial charge on any atom is 0.417 e. The van der Waals surface area contributed by atoms with E-state index in [0.717, 1.165) is 16.4 Å². The predicted octanol–water partition coefficient (Wildman–Crippen LogP) is 1.97. The van der Waals surface area contributed by atoms with Crippen molar-refractivity contribution in [1.82, 2.24) is 4.31 Å². The van der Waals surface area contributed by atoms with Gasteiger partial charge in [0.2, 0.25) is 10.0 Å². The van der Waals surface area contributed by atoms with Crippen molar-refractivity contribution in [3.8, 4) is 6.07 Å². The lowest BCUT2D eigenvalue weighted by molar-refractivity contribution is -0.137. The number of nitriles is 1. The highest BCUT2D eigenvalue weighted by molar-refractivity contribution is 7.89. The fraction of sp³-hybridized carbons (Fsp3) is 0.500. The van der Waals surface area contributed by atoms with Gasteiger partial charge in [-0.05, 0) is 30.5 Å². The van der Waals surface area contributed by atoms with E-state index in [1.165, 1.54) is 6.07 Å². The van der Waals surface area contributed by atoms with Gasteiger partial charge in [-0.1, -0.05) is 6.92 Å². The van der Waals surface area contributed by atoms with E-state index in [1.807, 2.05) is 0 Å². The van der Waals surface area contributed by atoms with Crippen LogP contribution in [0, 0.1) is 17.2 Å². The minimum absolute atomic E-state index is 0.0758. The minimum atomic E-state index is -4.83. The van der Waals surface area contributed by atoms with Gasteiger partial charge in [-0.15, -0.1) is 0 Å². The molecule has 9 heteroatoms. The topological polar surface area (TPSA) is 81.4 Å². The molecule has 2 unspecified atom stereocenters. The zero-order valence-corrected chi connectivity index (χ0v) is 13.0. The fourth-order valence-corrected chi connectivity index (χ4v) is 3.90. The first-order valence-corrected chi connectivity index (χ1v) is 8.31. The molecule has 1 aliphatic rings. The van der Waals surface area contributed by atoms with E-state index in [9.17, 15) is 26.7 Å². The molecule has 1 fully saturated rings. The van der Waals surface area contributed by atoms with Crippen molar-refractivity contribution in [3.63, 3.8) is 0 Å². The number of rotatable bonds is 2. The summed E-state index contributed by atoms with van der Waals surface area (Å²) in [5, 5.41) is 18.5. The molecular formula is C14H15F3N2O3S. The Labute approximate surface area is 132 Å². The van der Waals surface area contributed by atoms with Gasteiger partial charge in [0, 0.05) is 13.1 Å². The quantitative estimate of drug-likeness (QED) is 0.886. The van der Waals surface area contributed by atoms with Crippen molar-refractivity contribution in [1.29, 1.82) is 5.26 Å². The summed E-state index contributed by atoms with van der Waals surface area (Å²) >= 11 is 0. The van der Waals surface area contributed by atoms with Gasteiger partial charge < -0.3 is 5.11 Å². The number of benzene rings is 1. The van der Waals surface area contributed by atoms with Gasteiger partial charge in [0.05, 0.1) is 28.2 Å². The zero-order chi connectivity index (χ0) is 17.4. The van der Waals surface area contributed by atoms with E-state index in [1.54, 1.807) is 6.92 Å². The molecule has 0 spiro atoms. The van der Waals surface area contributed by atoms with Gasteiger partial charge in [-0.25, -0.2) is 8.42 Å². The highest BCUT2D eigenvalue weighted by atomic mass is 32.2. The van der Waals surface area contributed by atoms with Gasteiger partial charge in [-0.2, -0.15) is 22.7 Å². The van der Waals surface area contributed by atoms with Crippen LogP contribution in [-0.2, 0) is 16.2 Å². The molecule has 1 heterocycles. The van der Waals surface area contributed by atoms with Crippen LogP contribution in [0.4, 0.5) is 13.2 Å². The Hall–Kier alpha value is -1.63. The Morgan fingerprint density at radius 2 is 2.04 bits per heavy atom. The van der Waals surface area contributed by atoms with Crippen molar-refractivity contribution < 1.29 is 26.7 Å². The van der Waals surface area contributed by atoms with E-state index in [4.69, 9.17) is 5.26 Å². The van der Waals surface area contributed by atoms with Crippen LogP contribution < -0.4 is 0 Å². The number of halogens is 3. The molecule has 0 amide bonds. The molecule has 0 bridgehead atoms. The SMILES string of the molecule is CC1CCN(S(=O)(=O)c2ccc(C#N)c(C(F)(F)F)c2)CC1O. The maximum absolute atomic E-state index is 13.0. The molecule has 1 aromatic carbocycles. The normalized spacial score (nSPS) is 23.5. The summed E-state index contributed by atoms with van der Waals surface area (Å²) in [6, 6.07) is 3.70. The van der Waals surface area contributed by atoms with E-state index >= 15 is 0 Å². The monoisotopic (exact) mass is 348 g/mol. The lowest BCUT2D eigenvalue weighted by Gasteiger charge is -2.33.